The van der Waals surface area contributed by atoms with Crippen molar-refractivity contribution in [3.05, 3.63) is 34.9 Å². The van der Waals surface area contributed by atoms with E-state index in [-0.39, 0.29) is 12.0 Å². The molecule has 0 bridgehead atoms. The quantitative estimate of drug-likeness (QED) is 0.758. The maximum Gasteiger partial charge on any atom is 0.307 e. The summed E-state index contributed by atoms with van der Waals surface area (Å²) in [4.78, 5) is 13.5. The largest absolute Gasteiger partial charge is 0.466 e. The van der Waals surface area contributed by atoms with Crippen LogP contribution in [0.4, 0.5) is 0 Å². The van der Waals surface area contributed by atoms with Gasteiger partial charge < -0.3 is 9.64 Å². The molecule has 1 aromatic carbocycles. The van der Waals surface area contributed by atoms with Crippen molar-refractivity contribution in [1.82, 2.24) is 4.90 Å². The maximum absolute atomic E-state index is 11.5. The Morgan fingerprint density at radius 1 is 1.47 bits per heavy atom. The smallest absolute Gasteiger partial charge is 0.307 e. The van der Waals surface area contributed by atoms with E-state index in [1.54, 1.807) is 0 Å². The zero-order chi connectivity index (χ0) is 12.8. The van der Waals surface area contributed by atoms with E-state index in [0.29, 0.717) is 18.1 Å². The van der Waals surface area contributed by atoms with Gasteiger partial charge in [0.15, 0.2) is 0 Å². The Morgan fingerprint density at radius 2 is 2.18 bits per heavy atom. The lowest BCUT2D eigenvalue weighted by Crippen LogP contribution is -2.23. The lowest BCUT2D eigenvalue weighted by Gasteiger charge is -2.24. The van der Waals surface area contributed by atoms with Crippen molar-refractivity contribution in [2.45, 2.75) is 19.4 Å². The Labute approximate surface area is 107 Å². The number of halogens is 1. The summed E-state index contributed by atoms with van der Waals surface area (Å²) in [6, 6.07) is 7.55. The molecule has 0 aromatic heterocycles. The molecule has 0 aliphatic rings. The topological polar surface area (TPSA) is 29.5 Å². The van der Waals surface area contributed by atoms with Crippen LogP contribution >= 0.6 is 11.6 Å². The lowest BCUT2D eigenvalue weighted by atomic mass is 10.0. The molecule has 0 heterocycles. The SMILES string of the molecule is CCOC(=O)CC(c1cccc(Cl)c1)N(C)C. The van der Waals surface area contributed by atoms with Crippen LogP contribution in [0.3, 0.4) is 0 Å². The summed E-state index contributed by atoms with van der Waals surface area (Å²) in [5, 5.41) is 0.679. The fourth-order valence-electron chi connectivity index (χ4n) is 1.69. The van der Waals surface area contributed by atoms with E-state index >= 15 is 0 Å². The van der Waals surface area contributed by atoms with Gasteiger partial charge in [-0.3, -0.25) is 4.79 Å². The maximum atomic E-state index is 11.5. The summed E-state index contributed by atoms with van der Waals surface area (Å²) in [5.74, 6) is -0.189. The van der Waals surface area contributed by atoms with Crippen LogP contribution in [0.2, 0.25) is 5.02 Å². The van der Waals surface area contributed by atoms with Crippen molar-refractivity contribution < 1.29 is 9.53 Å². The second-order valence-electron chi connectivity index (χ2n) is 4.04. The number of hydrogen-bond acceptors (Lipinski definition) is 3. The first-order chi connectivity index (χ1) is 8.04. The number of carbonyl (C=O) groups excluding carboxylic acids is 1. The molecule has 17 heavy (non-hydrogen) atoms. The molecule has 3 nitrogen and oxygen atoms in total. The van der Waals surface area contributed by atoms with Crippen molar-refractivity contribution in [3.63, 3.8) is 0 Å². The minimum atomic E-state index is -0.189. The van der Waals surface area contributed by atoms with E-state index in [1.807, 2.05) is 50.2 Å². The Kier molecular flexibility index (Phi) is 5.45. The molecule has 0 amide bonds. The minimum Gasteiger partial charge on any atom is -0.466 e. The highest BCUT2D eigenvalue weighted by Gasteiger charge is 2.19. The molecule has 0 N–H and O–H groups in total. The van der Waals surface area contributed by atoms with Crippen LogP contribution in [0.1, 0.15) is 24.9 Å². The number of benzene rings is 1. The van der Waals surface area contributed by atoms with Crippen LogP contribution in [-0.2, 0) is 9.53 Å². The van der Waals surface area contributed by atoms with Crippen LogP contribution < -0.4 is 0 Å². The molecule has 0 fully saturated rings. The summed E-state index contributed by atoms with van der Waals surface area (Å²) < 4.78 is 4.98. The van der Waals surface area contributed by atoms with Gasteiger partial charge in [-0.15, -0.1) is 0 Å². The summed E-state index contributed by atoms with van der Waals surface area (Å²) in [7, 11) is 3.87. The van der Waals surface area contributed by atoms with Crippen LogP contribution in [0.5, 0.6) is 0 Å². The van der Waals surface area contributed by atoms with E-state index in [2.05, 4.69) is 0 Å². The zero-order valence-corrected chi connectivity index (χ0v) is 11.2. The van der Waals surface area contributed by atoms with E-state index in [4.69, 9.17) is 16.3 Å². The van der Waals surface area contributed by atoms with E-state index in [0.717, 1.165) is 5.56 Å². The number of carbonyl (C=O) groups is 1. The molecule has 0 saturated carbocycles. The minimum absolute atomic E-state index is 0.00671. The van der Waals surface area contributed by atoms with Gasteiger partial charge in [0.2, 0.25) is 0 Å². The van der Waals surface area contributed by atoms with E-state index < -0.39 is 0 Å². The van der Waals surface area contributed by atoms with E-state index in [9.17, 15) is 4.79 Å². The lowest BCUT2D eigenvalue weighted by molar-refractivity contribution is -0.144. The second-order valence-corrected chi connectivity index (χ2v) is 4.48. The number of nitrogens with zero attached hydrogens (tertiary/aromatic N) is 1. The third-order valence-corrected chi connectivity index (χ3v) is 2.76. The highest BCUT2D eigenvalue weighted by atomic mass is 35.5. The molecule has 94 valence electrons. The summed E-state index contributed by atoms with van der Waals surface area (Å²) in [5.41, 5.74) is 1.02. The van der Waals surface area contributed by atoms with Crippen LogP contribution in [0, 0.1) is 0 Å². The molecule has 1 unspecified atom stereocenters. The van der Waals surface area contributed by atoms with Crippen molar-refractivity contribution in [3.8, 4) is 0 Å². The summed E-state index contributed by atoms with van der Waals surface area (Å²) >= 11 is 5.96. The Balaban J connectivity index is 2.82. The molecular weight excluding hydrogens is 238 g/mol. The van der Waals surface area contributed by atoms with Crippen LogP contribution in [0.25, 0.3) is 0 Å². The van der Waals surface area contributed by atoms with Gasteiger partial charge in [-0.05, 0) is 38.7 Å². The fraction of sp³-hybridized carbons (Fsp3) is 0.462. The monoisotopic (exact) mass is 255 g/mol. The number of rotatable bonds is 5. The molecule has 1 atom stereocenters. The predicted octanol–water partition coefficient (Wildman–Crippen LogP) is 2.90. The van der Waals surface area contributed by atoms with Gasteiger partial charge in [-0.1, -0.05) is 23.7 Å². The highest BCUT2D eigenvalue weighted by molar-refractivity contribution is 6.30. The predicted molar refractivity (Wildman–Crippen MR) is 69.1 cm³/mol. The van der Waals surface area contributed by atoms with Gasteiger partial charge in [0, 0.05) is 11.1 Å². The average Bonchev–Trinajstić information content (AvgIpc) is 2.26. The van der Waals surface area contributed by atoms with E-state index in [1.165, 1.54) is 0 Å². The number of ether oxygens (including phenoxy) is 1. The van der Waals surface area contributed by atoms with Crippen molar-refractivity contribution in [1.29, 1.82) is 0 Å². The van der Waals surface area contributed by atoms with Gasteiger partial charge in [0.1, 0.15) is 0 Å². The normalized spacial score (nSPS) is 12.5. The molecule has 0 aliphatic heterocycles. The van der Waals surface area contributed by atoms with Crippen molar-refractivity contribution >= 4 is 17.6 Å². The third-order valence-electron chi connectivity index (χ3n) is 2.52. The summed E-state index contributed by atoms with van der Waals surface area (Å²) in [6.45, 7) is 2.22. The molecule has 1 rings (SSSR count). The fourth-order valence-corrected chi connectivity index (χ4v) is 1.89. The third kappa shape index (κ3) is 4.36. The molecule has 0 radical (unpaired) electrons. The first-order valence-corrected chi connectivity index (χ1v) is 6.00. The molecular formula is C13H18ClNO2. The number of esters is 1. The Morgan fingerprint density at radius 3 is 2.71 bits per heavy atom. The van der Waals surface area contributed by atoms with Crippen LogP contribution in [0.15, 0.2) is 24.3 Å². The first kappa shape index (κ1) is 14.0. The van der Waals surface area contributed by atoms with Crippen molar-refractivity contribution in [2.24, 2.45) is 0 Å². The first-order valence-electron chi connectivity index (χ1n) is 5.62. The molecule has 0 aliphatic carbocycles. The second kappa shape index (κ2) is 6.62. The Hall–Kier alpha value is -1.06. The highest BCUT2D eigenvalue weighted by Crippen LogP contribution is 2.24. The van der Waals surface area contributed by atoms with Crippen molar-refractivity contribution in [2.75, 3.05) is 20.7 Å². The number of hydrogen-bond donors (Lipinski definition) is 0. The zero-order valence-electron chi connectivity index (χ0n) is 10.4. The van der Waals surface area contributed by atoms with Gasteiger partial charge >= 0.3 is 5.97 Å². The molecule has 1 aromatic rings. The molecule has 0 spiro atoms. The van der Waals surface area contributed by atoms with Gasteiger partial charge in [0.05, 0.1) is 13.0 Å². The molecule has 0 saturated heterocycles. The standard InChI is InChI=1S/C13H18ClNO2/c1-4-17-13(16)9-12(15(2)3)10-6-5-7-11(14)8-10/h5-8,12H,4,9H2,1-3H3. The van der Waals surface area contributed by atoms with Gasteiger partial charge in [0.25, 0.3) is 0 Å². The Bertz CT molecular complexity index is 379. The summed E-state index contributed by atoms with van der Waals surface area (Å²) in [6.07, 6.45) is 0.335. The molecule has 4 heteroatoms. The van der Waals surface area contributed by atoms with Gasteiger partial charge in [-0.25, -0.2) is 0 Å². The van der Waals surface area contributed by atoms with Gasteiger partial charge in [-0.2, -0.15) is 0 Å². The average molecular weight is 256 g/mol. The van der Waals surface area contributed by atoms with Crippen LogP contribution in [-0.4, -0.2) is 31.6 Å².